The highest BCUT2D eigenvalue weighted by molar-refractivity contribution is 7.80. The quantitative estimate of drug-likeness (QED) is 0.387. The van der Waals surface area contributed by atoms with Gasteiger partial charge in [0, 0.05) is 29.8 Å². The third-order valence-corrected chi connectivity index (χ3v) is 4.26. The van der Waals surface area contributed by atoms with Crippen LogP contribution >= 0.6 is 12.2 Å². The molecule has 0 unspecified atom stereocenters. The van der Waals surface area contributed by atoms with Gasteiger partial charge in [-0.25, -0.2) is 0 Å². The van der Waals surface area contributed by atoms with Crippen molar-refractivity contribution in [3.05, 3.63) is 36.4 Å². The Balaban J connectivity index is 1.73. The number of thiocarbonyl (C=S) groups is 1. The summed E-state index contributed by atoms with van der Waals surface area (Å²) in [7, 11) is 2.99. The predicted molar refractivity (Wildman–Crippen MR) is 106 cm³/mol. The topological polar surface area (TPSA) is 72.7 Å². The lowest BCUT2D eigenvalue weighted by atomic mass is 10.1. The number of furan rings is 1. The third-order valence-electron chi connectivity index (χ3n) is 4.02. The van der Waals surface area contributed by atoms with Crippen molar-refractivity contribution in [2.75, 3.05) is 26.1 Å². The summed E-state index contributed by atoms with van der Waals surface area (Å²) in [5.74, 6) is 0.436. The number of fused-ring (bicyclic) bond motifs is 3. The van der Waals surface area contributed by atoms with E-state index in [0.717, 1.165) is 21.9 Å². The number of benzene rings is 2. The Labute approximate surface area is 156 Å². The fourth-order valence-corrected chi connectivity index (χ4v) is 2.93. The van der Waals surface area contributed by atoms with Gasteiger partial charge in [0.05, 0.1) is 19.9 Å². The Morgan fingerprint density at radius 1 is 1.15 bits per heavy atom. The van der Waals surface area contributed by atoms with Crippen molar-refractivity contribution >= 4 is 50.9 Å². The van der Waals surface area contributed by atoms with Gasteiger partial charge >= 0.3 is 5.97 Å². The van der Waals surface area contributed by atoms with Crippen LogP contribution in [0.2, 0.25) is 0 Å². The van der Waals surface area contributed by atoms with Crippen LogP contribution in [0, 0.1) is 0 Å². The molecule has 0 saturated heterocycles. The first-order chi connectivity index (χ1) is 12.6. The van der Waals surface area contributed by atoms with E-state index < -0.39 is 0 Å². The fraction of sp³-hybridized carbons (Fsp3) is 0.263. The first-order valence-electron chi connectivity index (χ1n) is 8.23. The number of carbonyl (C=O) groups excluding carboxylic acids is 1. The lowest BCUT2D eigenvalue weighted by molar-refractivity contribution is -0.140. The Hall–Kier alpha value is -2.80. The lowest BCUT2D eigenvalue weighted by Crippen LogP contribution is -2.29. The number of nitrogens with one attached hydrogen (secondary N) is 2. The van der Waals surface area contributed by atoms with Crippen molar-refractivity contribution in [1.82, 2.24) is 5.32 Å². The van der Waals surface area contributed by atoms with E-state index in [1.54, 1.807) is 7.11 Å². The third kappa shape index (κ3) is 3.88. The zero-order chi connectivity index (χ0) is 18.5. The van der Waals surface area contributed by atoms with Crippen LogP contribution in [0.5, 0.6) is 5.75 Å². The standard InChI is InChI=1S/C19H20N2O4S/c1-23-17-10-13-12-6-3-4-7-15(12)25-16(13)11-14(17)21-19(26)20-9-5-8-18(22)24-2/h3-4,6-7,10-11H,5,8-9H2,1-2H3,(H2,20,21,26). The molecular weight excluding hydrogens is 352 g/mol. The number of anilines is 1. The molecule has 6 nitrogen and oxygen atoms in total. The van der Waals surface area contributed by atoms with Crippen LogP contribution in [-0.4, -0.2) is 31.8 Å². The van der Waals surface area contributed by atoms with Crippen LogP contribution in [0.25, 0.3) is 21.9 Å². The molecule has 26 heavy (non-hydrogen) atoms. The van der Waals surface area contributed by atoms with Crippen LogP contribution in [0.1, 0.15) is 12.8 Å². The number of para-hydroxylation sites is 1. The highest BCUT2D eigenvalue weighted by atomic mass is 32.1. The molecule has 0 saturated carbocycles. The summed E-state index contributed by atoms with van der Waals surface area (Å²) in [5, 5.41) is 8.65. The van der Waals surface area contributed by atoms with Gasteiger partial charge in [-0.2, -0.15) is 0 Å². The molecule has 3 aromatic rings. The van der Waals surface area contributed by atoms with E-state index in [-0.39, 0.29) is 5.97 Å². The minimum atomic E-state index is -0.234. The molecule has 0 aliphatic heterocycles. The van der Waals surface area contributed by atoms with Gasteiger partial charge in [-0.3, -0.25) is 4.79 Å². The summed E-state index contributed by atoms with van der Waals surface area (Å²) in [5.41, 5.74) is 2.29. The van der Waals surface area contributed by atoms with Gasteiger partial charge < -0.3 is 24.5 Å². The number of methoxy groups -OCH3 is 2. The molecule has 2 aromatic carbocycles. The largest absolute Gasteiger partial charge is 0.495 e. The van der Waals surface area contributed by atoms with Crippen LogP contribution in [-0.2, 0) is 9.53 Å². The molecule has 7 heteroatoms. The number of ether oxygens (including phenoxy) is 2. The maximum absolute atomic E-state index is 11.1. The maximum atomic E-state index is 11.1. The SMILES string of the molecule is COC(=O)CCCNC(=S)Nc1cc2oc3ccccc3c2cc1OC. The summed E-state index contributed by atoms with van der Waals surface area (Å²) >= 11 is 5.31. The van der Waals surface area contributed by atoms with Crippen molar-refractivity contribution in [3.63, 3.8) is 0 Å². The van der Waals surface area contributed by atoms with Crippen molar-refractivity contribution < 1.29 is 18.7 Å². The average Bonchev–Trinajstić information content (AvgIpc) is 3.01. The van der Waals surface area contributed by atoms with Crippen LogP contribution in [0.4, 0.5) is 5.69 Å². The minimum Gasteiger partial charge on any atom is -0.495 e. The molecule has 2 N–H and O–H groups in total. The van der Waals surface area contributed by atoms with E-state index in [1.807, 2.05) is 36.4 Å². The van der Waals surface area contributed by atoms with E-state index in [9.17, 15) is 4.79 Å². The highest BCUT2D eigenvalue weighted by Gasteiger charge is 2.13. The summed E-state index contributed by atoms with van der Waals surface area (Å²) in [4.78, 5) is 11.1. The van der Waals surface area contributed by atoms with Gasteiger partial charge in [0.25, 0.3) is 0 Å². The van der Waals surface area contributed by atoms with Gasteiger partial charge in [-0.1, -0.05) is 18.2 Å². The predicted octanol–water partition coefficient (Wildman–Crippen LogP) is 3.83. The van der Waals surface area contributed by atoms with Gasteiger partial charge in [0.1, 0.15) is 16.9 Å². The van der Waals surface area contributed by atoms with E-state index in [0.29, 0.717) is 35.9 Å². The van der Waals surface area contributed by atoms with E-state index in [2.05, 4.69) is 15.4 Å². The summed E-state index contributed by atoms with van der Waals surface area (Å²) in [6, 6.07) is 11.7. The number of hydrogen-bond donors (Lipinski definition) is 2. The molecule has 0 fully saturated rings. The van der Waals surface area contributed by atoms with Crippen LogP contribution in [0.15, 0.2) is 40.8 Å². The van der Waals surface area contributed by atoms with Crippen molar-refractivity contribution in [2.24, 2.45) is 0 Å². The van der Waals surface area contributed by atoms with Gasteiger partial charge in [-0.05, 0) is 30.8 Å². The van der Waals surface area contributed by atoms with Crippen LogP contribution in [0.3, 0.4) is 0 Å². The number of rotatable bonds is 6. The summed E-state index contributed by atoms with van der Waals surface area (Å²) in [6.45, 7) is 0.566. The lowest BCUT2D eigenvalue weighted by Gasteiger charge is -2.13. The minimum absolute atomic E-state index is 0.234. The Morgan fingerprint density at radius 3 is 2.73 bits per heavy atom. The van der Waals surface area contributed by atoms with Gasteiger partial charge in [0.2, 0.25) is 0 Å². The number of hydrogen-bond acceptors (Lipinski definition) is 5. The molecule has 0 spiro atoms. The van der Waals surface area contributed by atoms with Gasteiger partial charge in [0.15, 0.2) is 5.11 Å². The Morgan fingerprint density at radius 2 is 1.96 bits per heavy atom. The molecule has 0 bridgehead atoms. The maximum Gasteiger partial charge on any atom is 0.305 e. The van der Waals surface area contributed by atoms with E-state index in [1.165, 1.54) is 7.11 Å². The molecule has 1 aromatic heterocycles. The molecule has 0 aliphatic rings. The molecule has 1 heterocycles. The van der Waals surface area contributed by atoms with Gasteiger partial charge in [-0.15, -0.1) is 0 Å². The first kappa shape index (κ1) is 18.0. The summed E-state index contributed by atoms with van der Waals surface area (Å²) in [6.07, 6.45) is 0.981. The average molecular weight is 372 g/mol. The molecule has 0 aliphatic carbocycles. The zero-order valence-corrected chi connectivity index (χ0v) is 15.4. The first-order valence-corrected chi connectivity index (χ1v) is 8.64. The Kier molecular flexibility index (Phi) is 5.58. The monoisotopic (exact) mass is 372 g/mol. The summed E-state index contributed by atoms with van der Waals surface area (Å²) < 4.78 is 16.0. The van der Waals surface area contributed by atoms with E-state index in [4.69, 9.17) is 21.4 Å². The smallest absolute Gasteiger partial charge is 0.305 e. The second kappa shape index (κ2) is 8.05. The fourth-order valence-electron chi connectivity index (χ4n) is 2.72. The second-order valence-electron chi connectivity index (χ2n) is 5.71. The zero-order valence-electron chi connectivity index (χ0n) is 14.6. The Bertz CT molecular complexity index is 951. The normalized spacial score (nSPS) is 10.7. The van der Waals surface area contributed by atoms with E-state index >= 15 is 0 Å². The second-order valence-corrected chi connectivity index (χ2v) is 6.12. The molecule has 0 amide bonds. The van der Waals surface area contributed by atoms with Crippen molar-refractivity contribution in [3.8, 4) is 5.75 Å². The molecule has 0 radical (unpaired) electrons. The van der Waals surface area contributed by atoms with Crippen LogP contribution < -0.4 is 15.4 Å². The number of esters is 1. The number of carbonyl (C=O) groups is 1. The van der Waals surface area contributed by atoms with Crippen molar-refractivity contribution in [2.45, 2.75) is 12.8 Å². The molecule has 0 atom stereocenters. The highest BCUT2D eigenvalue weighted by Crippen LogP contribution is 2.36. The molecule has 136 valence electrons. The molecular formula is C19H20N2O4S. The molecule has 3 rings (SSSR count). The van der Waals surface area contributed by atoms with Crippen molar-refractivity contribution in [1.29, 1.82) is 0 Å².